The van der Waals surface area contributed by atoms with Crippen LogP contribution in [0.3, 0.4) is 0 Å². The third-order valence-corrected chi connectivity index (χ3v) is 2.18. The summed E-state index contributed by atoms with van der Waals surface area (Å²) in [6.45, 7) is 6.15. The van der Waals surface area contributed by atoms with Crippen molar-refractivity contribution in [3.8, 4) is 0 Å². The van der Waals surface area contributed by atoms with Gasteiger partial charge in [0.2, 0.25) is 0 Å². The Kier molecular flexibility index (Phi) is 6.93. The molecule has 0 bridgehead atoms. The van der Waals surface area contributed by atoms with E-state index in [9.17, 15) is 0 Å². The summed E-state index contributed by atoms with van der Waals surface area (Å²) < 4.78 is 0. The van der Waals surface area contributed by atoms with Gasteiger partial charge in [0.1, 0.15) is 0 Å². The molecule has 0 saturated heterocycles. The number of aliphatic hydroxyl groups excluding tert-OH is 1. The molecule has 1 N–H and O–H groups in total. The van der Waals surface area contributed by atoms with Gasteiger partial charge >= 0.3 is 0 Å². The molecule has 0 fully saturated rings. The summed E-state index contributed by atoms with van der Waals surface area (Å²) in [6, 6.07) is 0. The fourth-order valence-corrected chi connectivity index (χ4v) is 1.40. The largest absolute Gasteiger partial charge is 0.513 e. The smallest absolute Gasteiger partial charge is 0.0854 e. The molecule has 0 aromatic rings. The van der Waals surface area contributed by atoms with Crippen LogP contribution in [-0.4, -0.2) is 5.11 Å². The third kappa shape index (κ3) is 6.26. The first-order valence-corrected chi connectivity index (χ1v) is 5.08. The summed E-state index contributed by atoms with van der Waals surface area (Å²) in [6.07, 6.45) is 8.23. The summed E-state index contributed by atoms with van der Waals surface area (Å²) in [5.41, 5.74) is 0. The van der Waals surface area contributed by atoms with Gasteiger partial charge in [0.05, 0.1) is 5.76 Å². The van der Waals surface area contributed by atoms with Gasteiger partial charge in [-0.1, -0.05) is 33.1 Å². The van der Waals surface area contributed by atoms with Crippen molar-refractivity contribution in [1.29, 1.82) is 0 Å². The summed E-state index contributed by atoms with van der Waals surface area (Å²) in [7, 11) is 0. The molecule has 0 spiro atoms. The number of allylic oxidation sites excluding steroid dienone is 2. The fraction of sp³-hybridized carbons (Fsp3) is 0.818. The van der Waals surface area contributed by atoms with E-state index in [1.165, 1.54) is 25.7 Å². The van der Waals surface area contributed by atoms with Crippen LogP contribution in [0.2, 0.25) is 0 Å². The summed E-state index contributed by atoms with van der Waals surface area (Å²) in [5.74, 6) is 1.06. The van der Waals surface area contributed by atoms with Crippen molar-refractivity contribution in [2.45, 2.75) is 52.9 Å². The van der Waals surface area contributed by atoms with Crippen molar-refractivity contribution < 1.29 is 5.11 Å². The Hall–Kier alpha value is -0.460. The maximum Gasteiger partial charge on any atom is 0.0854 e. The fourth-order valence-electron chi connectivity index (χ4n) is 1.40. The molecule has 0 aliphatic carbocycles. The van der Waals surface area contributed by atoms with E-state index >= 15 is 0 Å². The highest BCUT2D eigenvalue weighted by Crippen LogP contribution is 2.15. The van der Waals surface area contributed by atoms with Crippen LogP contribution in [0.5, 0.6) is 0 Å². The Labute approximate surface area is 76.5 Å². The lowest BCUT2D eigenvalue weighted by atomic mass is 9.98. The average Bonchev–Trinajstić information content (AvgIpc) is 2.02. The maximum absolute atomic E-state index is 9.07. The van der Waals surface area contributed by atoms with Crippen molar-refractivity contribution in [2.24, 2.45) is 5.92 Å². The van der Waals surface area contributed by atoms with E-state index in [1.54, 1.807) is 6.92 Å². The topological polar surface area (TPSA) is 20.2 Å². The molecular weight excluding hydrogens is 148 g/mol. The molecule has 0 amide bonds. The quantitative estimate of drug-likeness (QED) is 0.471. The molecule has 0 heterocycles. The molecule has 1 atom stereocenters. The molecule has 0 aliphatic rings. The normalized spacial score (nSPS) is 14.8. The van der Waals surface area contributed by atoms with Gasteiger partial charge in [-0.2, -0.15) is 0 Å². The SMILES string of the molecule is CCCCCC(/C=C(/C)O)CC. The zero-order chi connectivity index (χ0) is 9.40. The van der Waals surface area contributed by atoms with E-state index in [1.807, 2.05) is 6.08 Å². The third-order valence-electron chi connectivity index (χ3n) is 2.18. The Morgan fingerprint density at radius 3 is 2.42 bits per heavy atom. The summed E-state index contributed by atoms with van der Waals surface area (Å²) >= 11 is 0. The molecule has 12 heavy (non-hydrogen) atoms. The van der Waals surface area contributed by atoms with E-state index in [0.29, 0.717) is 11.7 Å². The second-order valence-electron chi connectivity index (χ2n) is 3.47. The molecule has 0 aliphatic heterocycles. The van der Waals surface area contributed by atoms with E-state index in [4.69, 9.17) is 5.11 Å². The van der Waals surface area contributed by atoms with Crippen LogP contribution in [0.1, 0.15) is 52.9 Å². The predicted octanol–water partition coefficient (Wildman–Crippen LogP) is 4.05. The highest BCUT2D eigenvalue weighted by atomic mass is 16.3. The van der Waals surface area contributed by atoms with Gasteiger partial charge in [0, 0.05) is 0 Å². The minimum absolute atomic E-state index is 0.471. The zero-order valence-electron chi connectivity index (χ0n) is 8.64. The molecule has 1 nitrogen and oxygen atoms in total. The van der Waals surface area contributed by atoms with E-state index in [-0.39, 0.29) is 0 Å². The minimum atomic E-state index is 0.471. The van der Waals surface area contributed by atoms with Crippen LogP contribution in [-0.2, 0) is 0 Å². The lowest BCUT2D eigenvalue weighted by Crippen LogP contribution is -1.95. The number of hydrogen-bond acceptors (Lipinski definition) is 1. The van der Waals surface area contributed by atoms with Gasteiger partial charge in [-0.25, -0.2) is 0 Å². The lowest BCUT2D eigenvalue weighted by Gasteiger charge is -2.09. The van der Waals surface area contributed by atoms with E-state index in [2.05, 4.69) is 13.8 Å². The van der Waals surface area contributed by atoms with Crippen molar-refractivity contribution in [1.82, 2.24) is 0 Å². The molecule has 0 radical (unpaired) electrons. The number of aliphatic hydroxyl groups is 1. The Morgan fingerprint density at radius 1 is 1.33 bits per heavy atom. The van der Waals surface area contributed by atoms with E-state index < -0.39 is 0 Å². The molecular formula is C11H22O. The van der Waals surface area contributed by atoms with Crippen LogP contribution in [0.25, 0.3) is 0 Å². The van der Waals surface area contributed by atoms with Crippen LogP contribution in [0.4, 0.5) is 0 Å². The van der Waals surface area contributed by atoms with Crippen molar-refractivity contribution in [3.63, 3.8) is 0 Å². The lowest BCUT2D eigenvalue weighted by molar-refractivity contribution is 0.399. The van der Waals surface area contributed by atoms with Crippen molar-refractivity contribution >= 4 is 0 Å². The molecule has 0 aromatic heterocycles. The standard InChI is InChI=1S/C11H22O/c1-4-6-7-8-11(5-2)9-10(3)12/h9,11-12H,4-8H2,1-3H3/b10-9-. The van der Waals surface area contributed by atoms with Crippen LogP contribution < -0.4 is 0 Å². The number of unbranched alkanes of at least 4 members (excludes halogenated alkanes) is 2. The molecule has 0 saturated carbocycles. The van der Waals surface area contributed by atoms with Crippen molar-refractivity contribution in [2.75, 3.05) is 0 Å². The summed E-state index contributed by atoms with van der Waals surface area (Å²) in [5, 5.41) is 9.07. The zero-order valence-corrected chi connectivity index (χ0v) is 8.64. The van der Waals surface area contributed by atoms with Crippen molar-refractivity contribution in [3.05, 3.63) is 11.8 Å². The second-order valence-corrected chi connectivity index (χ2v) is 3.47. The first-order valence-electron chi connectivity index (χ1n) is 5.08. The van der Waals surface area contributed by atoms with Gasteiger partial charge in [-0.15, -0.1) is 0 Å². The molecule has 1 heteroatoms. The molecule has 0 rings (SSSR count). The first-order chi connectivity index (χ1) is 5.70. The van der Waals surface area contributed by atoms with E-state index in [0.717, 1.165) is 6.42 Å². The molecule has 72 valence electrons. The minimum Gasteiger partial charge on any atom is -0.513 e. The maximum atomic E-state index is 9.07. The highest BCUT2D eigenvalue weighted by molar-refractivity contribution is 4.91. The Bertz CT molecular complexity index is 123. The van der Waals surface area contributed by atoms with Gasteiger partial charge in [0.15, 0.2) is 0 Å². The van der Waals surface area contributed by atoms with Gasteiger partial charge < -0.3 is 5.11 Å². The first kappa shape index (κ1) is 11.5. The number of rotatable bonds is 6. The molecule has 1 unspecified atom stereocenters. The molecule has 0 aromatic carbocycles. The summed E-state index contributed by atoms with van der Waals surface area (Å²) in [4.78, 5) is 0. The van der Waals surface area contributed by atoms with Crippen LogP contribution in [0, 0.1) is 5.92 Å². The van der Waals surface area contributed by atoms with Gasteiger partial charge in [-0.3, -0.25) is 0 Å². The van der Waals surface area contributed by atoms with Gasteiger partial charge in [-0.05, 0) is 31.8 Å². The Balaban J connectivity index is 3.61. The van der Waals surface area contributed by atoms with Crippen LogP contribution in [0.15, 0.2) is 11.8 Å². The second kappa shape index (κ2) is 7.20. The average molecular weight is 170 g/mol. The highest BCUT2D eigenvalue weighted by Gasteiger charge is 2.01. The Morgan fingerprint density at radius 2 is 2.00 bits per heavy atom. The van der Waals surface area contributed by atoms with Crippen LogP contribution >= 0.6 is 0 Å². The monoisotopic (exact) mass is 170 g/mol. The van der Waals surface area contributed by atoms with Gasteiger partial charge in [0.25, 0.3) is 0 Å². The number of hydrogen-bond donors (Lipinski definition) is 1. The predicted molar refractivity (Wildman–Crippen MR) is 54.3 cm³/mol.